The van der Waals surface area contributed by atoms with E-state index in [1.165, 1.54) is 19.3 Å². The summed E-state index contributed by atoms with van der Waals surface area (Å²) >= 11 is 0. The minimum absolute atomic E-state index is 0.0234. The monoisotopic (exact) mass is 476 g/mol. The molecule has 9 nitrogen and oxygen atoms in total. The quantitative estimate of drug-likeness (QED) is 0.699. The number of likely N-dealkylation sites (N-methyl/N-ethyl adjacent to an activating group) is 1. The molecule has 35 heavy (non-hydrogen) atoms. The van der Waals surface area contributed by atoms with Gasteiger partial charge in [-0.05, 0) is 45.9 Å². The smallest absolute Gasteiger partial charge is 0.243 e. The van der Waals surface area contributed by atoms with E-state index in [1.54, 1.807) is 0 Å². The zero-order chi connectivity index (χ0) is 24.2. The van der Waals surface area contributed by atoms with E-state index in [0.717, 1.165) is 48.8 Å². The molecule has 1 saturated carbocycles. The number of amides is 1. The van der Waals surface area contributed by atoms with Gasteiger partial charge in [0.1, 0.15) is 17.7 Å². The van der Waals surface area contributed by atoms with Gasteiger partial charge in [-0.1, -0.05) is 19.3 Å². The van der Waals surface area contributed by atoms with E-state index in [0.29, 0.717) is 31.0 Å². The Balaban J connectivity index is 1.22. The first-order valence-electron chi connectivity index (χ1n) is 13.1. The molecule has 1 unspecified atom stereocenters. The van der Waals surface area contributed by atoms with Crippen LogP contribution in [0, 0.1) is 0 Å². The second-order valence-corrected chi connectivity index (χ2v) is 10.9. The number of hydrogen-bond donors (Lipinski definition) is 2. The Morgan fingerprint density at radius 2 is 1.83 bits per heavy atom. The van der Waals surface area contributed by atoms with Gasteiger partial charge in [0.25, 0.3) is 0 Å². The highest BCUT2D eigenvalue weighted by Crippen LogP contribution is 2.44. The fourth-order valence-electron chi connectivity index (χ4n) is 6.48. The van der Waals surface area contributed by atoms with Crippen molar-refractivity contribution in [3.8, 4) is 0 Å². The van der Waals surface area contributed by atoms with Crippen molar-refractivity contribution in [1.29, 1.82) is 0 Å². The molecule has 3 aliphatic heterocycles. The molecule has 4 aliphatic rings. The van der Waals surface area contributed by atoms with Crippen LogP contribution >= 0.6 is 0 Å². The van der Waals surface area contributed by atoms with Crippen molar-refractivity contribution in [2.75, 3.05) is 41.8 Å². The zero-order valence-electron chi connectivity index (χ0n) is 21.0. The topological polar surface area (TPSA) is 89.5 Å². The number of aromatic nitrogens is 3. The first kappa shape index (κ1) is 22.5. The van der Waals surface area contributed by atoms with Crippen molar-refractivity contribution < 1.29 is 4.79 Å². The second kappa shape index (κ2) is 8.62. The number of hydrogen-bond acceptors (Lipinski definition) is 8. The molecule has 2 N–H and O–H groups in total. The van der Waals surface area contributed by atoms with Gasteiger partial charge >= 0.3 is 0 Å². The van der Waals surface area contributed by atoms with Crippen LogP contribution in [0.1, 0.15) is 51.5 Å². The maximum Gasteiger partial charge on any atom is 0.243 e. The van der Waals surface area contributed by atoms with Gasteiger partial charge < -0.3 is 20.4 Å². The van der Waals surface area contributed by atoms with E-state index < -0.39 is 0 Å². The van der Waals surface area contributed by atoms with E-state index in [2.05, 4.69) is 62.3 Å². The van der Waals surface area contributed by atoms with Gasteiger partial charge in [-0.2, -0.15) is 4.98 Å². The molecule has 186 valence electrons. The van der Waals surface area contributed by atoms with Crippen LogP contribution in [0.4, 0.5) is 23.3 Å². The van der Waals surface area contributed by atoms with Gasteiger partial charge in [-0.3, -0.25) is 9.69 Å². The maximum absolute atomic E-state index is 12.7. The molecule has 3 fully saturated rings. The van der Waals surface area contributed by atoms with Crippen molar-refractivity contribution in [3.63, 3.8) is 0 Å². The average molecular weight is 477 g/mol. The first-order chi connectivity index (χ1) is 16.9. The number of nitrogens with one attached hydrogen (secondary N) is 2. The maximum atomic E-state index is 12.7. The second-order valence-electron chi connectivity index (χ2n) is 10.9. The SMILES string of the molecule is C[C@@H]1CN(c2ccc(Nc3ncc4c(n3)N3C(C4)C(=O)NCC34CCCCC4)nc2)C[C@H](C)N1C. The Morgan fingerprint density at radius 3 is 2.54 bits per heavy atom. The molecule has 2 saturated heterocycles. The standard InChI is InChI=1S/C26H36N8O/c1-17-14-33(15-18(2)32(17)3)20-7-8-22(27-13-20)30-25-28-12-19-11-21-24(35)29-16-26(9-5-4-6-10-26)34(21)23(19)31-25/h7-8,12-13,17-18,21H,4-6,9-11,14-16H2,1-3H3,(H,29,35)(H,27,28,30,31)/t17-,18+,21?. The lowest BCUT2D eigenvalue weighted by atomic mass is 9.78. The van der Waals surface area contributed by atoms with Crippen molar-refractivity contribution >= 4 is 29.2 Å². The number of fused-ring (bicyclic) bond motifs is 4. The first-order valence-corrected chi connectivity index (χ1v) is 13.1. The lowest BCUT2D eigenvalue weighted by molar-refractivity contribution is -0.124. The summed E-state index contributed by atoms with van der Waals surface area (Å²) in [7, 11) is 2.20. The van der Waals surface area contributed by atoms with E-state index in [4.69, 9.17) is 4.98 Å². The highest BCUT2D eigenvalue weighted by Gasteiger charge is 2.51. The Morgan fingerprint density at radius 1 is 1.06 bits per heavy atom. The molecule has 3 atom stereocenters. The van der Waals surface area contributed by atoms with Crippen molar-refractivity contribution in [3.05, 3.63) is 30.1 Å². The summed E-state index contributed by atoms with van der Waals surface area (Å²) in [5.74, 6) is 2.28. The molecule has 1 amide bonds. The lowest BCUT2D eigenvalue weighted by Gasteiger charge is -2.51. The lowest BCUT2D eigenvalue weighted by Crippen LogP contribution is -2.67. The van der Waals surface area contributed by atoms with Crippen molar-refractivity contribution in [2.24, 2.45) is 0 Å². The average Bonchev–Trinajstić information content (AvgIpc) is 3.26. The zero-order valence-corrected chi connectivity index (χ0v) is 21.0. The Kier molecular flexibility index (Phi) is 5.55. The molecular formula is C26H36N8O. The highest BCUT2D eigenvalue weighted by atomic mass is 16.2. The molecule has 2 aromatic heterocycles. The van der Waals surface area contributed by atoms with Gasteiger partial charge in [-0.25, -0.2) is 9.97 Å². The Bertz CT molecular complexity index is 1090. The Labute approximate surface area is 207 Å². The molecule has 5 heterocycles. The third kappa shape index (κ3) is 3.90. The Hall–Kier alpha value is -2.94. The molecular weight excluding hydrogens is 440 g/mol. The highest BCUT2D eigenvalue weighted by molar-refractivity contribution is 5.90. The van der Waals surface area contributed by atoms with Crippen LogP contribution in [-0.4, -0.2) is 76.1 Å². The number of carbonyl (C=O) groups is 1. The number of anilines is 4. The third-order valence-electron chi connectivity index (χ3n) is 8.70. The molecule has 9 heteroatoms. The third-order valence-corrected chi connectivity index (χ3v) is 8.70. The van der Waals surface area contributed by atoms with Crippen LogP contribution in [0.3, 0.4) is 0 Å². The summed E-state index contributed by atoms with van der Waals surface area (Å²) in [6, 6.07) is 4.95. The predicted octanol–water partition coefficient (Wildman–Crippen LogP) is 2.71. The number of nitrogens with zero attached hydrogens (tertiary/aromatic N) is 6. The normalized spacial score (nSPS) is 28.0. The minimum Gasteiger partial charge on any atom is -0.367 e. The minimum atomic E-state index is -0.174. The van der Waals surface area contributed by atoms with Crippen molar-refractivity contribution in [2.45, 2.75) is 76.0 Å². The summed E-state index contributed by atoms with van der Waals surface area (Å²) in [5, 5.41) is 6.48. The fourth-order valence-corrected chi connectivity index (χ4v) is 6.48. The van der Waals surface area contributed by atoms with E-state index >= 15 is 0 Å². The van der Waals surface area contributed by atoms with Crippen LogP contribution in [0.5, 0.6) is 0 Å². The van der Waals surface area contributed by atoms with Gasteiger partial charge in [0.05, 0.1) is 17.4 Å². The van der Waals surface area contributed by atoms with Gasteiger partial charge in [0, 0.05) is 49.9 Å². The van der Waals surface area contributed by atoms with E-state index in [-0.39, 0.29) is 17.5 Å². The van der Waals surface area contributed by atoms with Crippen LogP contribution < -0.4 is 20.4 Å². The molecule has 1 spiro atoms. The number of pyridine rings is 1. The van der Waals surface area contributed by atoms with Crippen LogP contribution in [0.15, 0.2) is 24.5 Å². The summed E-state index contributed by atoms with van der Waals surface area (Å²) in [6.45, 7) is 7.24. The summed E-state index contributed by atoms with van der Waals surface area (Å²) in [4.78, 5) is 34.1. The van der Waals surface area contributed by atoms with Gasteiger partial charge in [0.2, 0.25) is 11.9 Å². The largest absolute Gasteiger partial charge is 0.367 e. The number of carbonyl (C=O) groups excluding carboxylic acids is 1. The van der Waals surface area contributed by atoms with E-state index in [1.807, 2.05) is 18.5 Å². The molecule has 2 aromatic rings. The molecule has 0 aromatic carbocycles. The van der Waals surface area contributed by atoms with E-state index in [9.17, 15) is 4.79 Å². The van der Waals surface area contributed by atoms with Gasteiger partial charge in [0.15, 0.2) is 0 Å². The summed E-state index contributed by atoms with van der Waals surface area (Å²) < 4.78 is 0. The van der Waals surface area contributed by atoms with Crippen molar-refractivity contribution in [1.82, 2.24) is 25.2 Å². The van der Waals surface area contributed by atoms with Gasteiger partial charge in [-0.15, -0.1) is 0 Å². The molecule has 6 rings (SSSR count). The van der Waals surface area contributed by atoms with Crippen LogP contribution in [0.2, 0.25) is 0 Å². The number of rotatable bonds is 3. The summed E-state index contributed by atoms with van der Waals surface area (Å²) in [6.07, 6.45) is 10.4. The number of piperazine rings is 2. The predicted molar refractivity (Wildman–Crippen MR) is 137 cm³/mol. The fraction of sp³-hybridized carbons (Fsp3) is 0.615. The van der Waals surface area contributed by atoms with Crippen LogP contribution in [-0.2, 0) is 11.2 Å². The molecule has 0 radical (unpaired) electrons. The van der Waals surface area contributed by atoms with Crippen LogP contribution in [0.25, 0.3) is 0 Å². The summed E-state index contributed by atoms with van der Waals surface area (Å²) in [5.41, 5.74) is 2.17. The molecule has 0 bridgehead atoms. The molecule has 1 aliphatic carbocycles.